The van der Waals surface area contributed by atoms with Crippen LogP contribution in [-0.2, 0) is 4.79 Å². The van der Waals surface area contributed by atoms with Crippen molar-refractivity contribution in [3.8, 4) is 0 Å². The Balaban J connectivity index is 2.48. The molecule has 0 aliphatic heterocycles. The van der Waals surface area contributed by atoms with Crippen LogP contribution in [-0.4, -0.2) is 17.2 Å². The standard InChI is InChI=1S/C12H17NOS/c1-9(13-11(3)14)10(2)15-12-7-5-4-6-8-12/h4-10H,1-3H3,(H,13,14)/t9-,10-/m1/s1. The molecular weight excluding hydrogens is 206 g/mol. The van der Waals surface area contributed by atoms with Gasteiger partial charge in [0.05, 0.1) is 0 Å². The molecule has 0 saturated carbocycles. The third-order valence-corrected chi connectivity index (χ3v) is 3.52. The fourth-order valence-corrected chi connectivity index (χ4v) is 2.27. The molecule has 0 aliphatic rings. The summed E-state index contributed by atoms with van der Waals surface area (Å²) in [5.74, 6) is 0.0306. The van der Waals surface area contributed by atoms with Crippen molar-refractivity contribution in [2.24, 2.45) is 0 Å². The predicted octanol–water partition coefficient (Wildman–Crippen LogP) is 2.69. The van der Waals surface area contributed by atoms with Gasteiger partial charge in [-0.2, -0.15) is 0 Å². The van der Waals surface area contributed by atoms with E-state index in [2.05, 4.69) is 24.4 Å². The molecule has 1 N–H and O–H groups in total. The number of carbonyl (C=O) groups excluding carboxylic acids is 1. The van der Waals surface area contributed by atoms with Crippen LogP contribution in [0.1, 0.15) is 20.8 Å². The van der Waals surface area contributed by atoms with Crippen LogP contribution in [0.25, 0.3) is 0 Å². The first-order chi connectivity index (χ1) is 7.09. The van der Waals surface area contributed by atoms with Crippen LogP contribution in [0.2, 0.25) is 0 Å². The molecule has 15 heavy (non-hydrogen) atoms. The summed E-state index contributed by atoms with van der Waals surface area (Å²) in [5.41, 5.74) is 0. The lowest BCUT2D eigenvalue weighted by molar-refractivity contribution is -0.119. The lowest BCUT2D eigenvalue weighted by Gasteiger charge is -2.19. The molecule has 1 aromatic rings. The maximum atomic E-state index is 10.9. The van der Waals surface area contributed by atoms with E-state index in [4.69, 9.17) is 0 Å². The van der Waals surface area contributed by atoms with E-state index in [9.17, 15) is 4.79 Å². The maximum absolute atomic E-state index is 10.9. The number of thioether (sulfide) groups is 1. The van der Waals surface area contributed by atoms with Gasteiger partial charge in [0.15, 0.2) is 0 Å². The molecule has 2 atom stereocenters. The first-order valence-electron chi connectivity index (χ1n) is 5.08. The van der Waals surface area contributed by atoms with E-state index in [1.807, 2.05) is 25.1 Å². The van der Waals surface area contributed by atoms with Crippen LogP contribution in [0.15, 0.2) is 35.2 Å². The minimum absolute atomic E-state index is 0.0306. The summed E-state index contributed by atoms with van der Waals surface area (Å²) >= 11 is 1.78. The SMILES string of the molecule is CC(=O)N[C@H](C)[C@@H](C)Sc1ccccc1. The number of nitrogens with one attached hydrogen (secondary N) is 1. The largest absolute Gasteiger partial charge is 0.353 e. The van der Waals surface area contributed by atoms with Crippen LogP contribution in [0, 0.1) is 0 Å². The first-order valence-corrected chi connectivity index (χ1v) is 5.96. The highest BCUT2D eigenvalue weighted by atomic mass is 32.2. The highest BCUT2D eigenvalue weighted by Crippen LogP contribution is 2.24. The number of hydrogen-bond donors (Lipinski definition) is 1. The lowest BCUT2D eigenvalue weighted by Crippen LogP contribution is -2.36. The number of amides is 1. The second kappa shape index (κ2) is 5.81. The van der Waals surface area contributed by atoms with Crippen LogP contribution in [0.5, 0.6) is 0 Å². The van der Waals surface area contributed by atoms with Gasteiger partial charge in [-0.1, -0.05) is 25.1 Å². The summed E-state index contributed by atoms with van der Waals surface area (Å²) in [6.45, 7) is 5.71. The molecule has 0 heterocycles. The van der Waals surface area contributed by atoms with Crippen molar-refractivity contribution >= 4 is 17.7 Å². The molecule has 0 aliphatic carbocycles. The first kappa shape index (κ1) is 12.1. The van der Waals surface area contributed by atoms with Gasteiger partial charge in [-0.05, 0) is 19.1 Å². The van der Waals surface area contributed by atoms with E-state index in [0.717, 1.165) is 0 Å². The molecule has 0 saturated heterocycles. The van der Waals surface area contributed by atoms with E-state index in [1.165, 1.54) is 4.90 Å². The minimum atomic E-state index is 0.0306. The van der Waals surface area contributed by atoms with Crippen molar-refractivity contribution in [3.63, 3.8) is 0 Å². The van der Waals surface area contributed by atoms with Crippen molar-refractivity contribution in [2.75, 3.05) is 0 Å². The predicted molar refractivity (Wildman–Crippen MR) is 65.0 cm³/mol. The summed E-state index contributed by atoms with van der Waals surface area (Å²) in [7, 11) is 0. The van der Waals surface area contributed by atoms with Crippen molar-refractivity contribution in [1.82, 2.24) is 5.32 Å². The summed E-state index contributed by atoms with van der Waals surface area (Å²) < 4.78 is 0. The fraction of sp³-hybridized carbons (Fsp3) is 0.417. The second-order valence-electron chi connectivity index (χ2n) is 3.63. The molecule has 0 bridgehead atoms. The molecule has 0 radical (unpaired) electrons. The molecule has 2 nitrogen and oxygen atoms in total. The van der Waals surface area contributed by atoms with Gasteiger partial charge < -0.3 is 5.32 Å². The zero-order chi connectivity index (χ0) is 11.3. The van der Waals surface area contributed by atoms with Gasteiger partial charge in [0.1, 0.15) is 0 Å². The van der Waals surface area contributed by atoms with E-state index in [-0.39, 0.29) is 11.9 Å². The van der Waals surface area contributed by atoms with Crippen molar-refractivity contribution in [1.29, 1.82) is 0 Å². The number of rotatable bonds is 4. The van der Waals surface area contributed by atoms with Gasteiger partial charge in [0.2, 0.25) is 5.91 Å². The molecular formula is C12H17NOS. The summed E-state index contributed by atoms with van der Waals surface area (Å²) in [5, 5.41) is 3.27. The van der Waals surface area contributed by atoms with Gasteiger partial charge in [0, 0.05) is 23.1 Å². The molecule has 0 aromatic heterocycles. The topological polar surface area (TPSA) is 29.1 Å². The van der Waals surface area contributed by atoms with Gasteiger partial charge in [0.25, 0.3) is 0 Å². The van der Waals surface area contributed by atoms with Gasteiger partial charge in [-0.3, -0.25) is 4.79 Å². The summed E-state index contributed by atoms with van der Waals surface area (Å²) in [6.07, 6.45) is 0. The third kappa shape index (κ3) is 4.38. The van der Waals surface area contributed by atoms with Gasteiger partial charge in [-0.15, -0.1) is 11.8 Å². The smallest absolute Gasteiger partial charge is 0.217 e. The lowest BCUT2D eigenvalue weighted by atomic mass is 10.2. The number of benzene rings is 1. The van der Waals surface area contributed by atoms with Crippen LogP contribution >= 0.6 is 11.8 Å². The number of hydrogen-bond acceptors (Lipinski definition) is 2. The molecule has 1 rings (SSSR count). The Morgan fingerprint density at radius 1 is 1.27 bits per heavy atom. The van der Waals surface area contributed by atoms with Gasteiger partial charge >= 0.3 is 0 Å². The summed E-state index contributed by atoms with van der Waals surface area (Å²) in [4.78, 5) is 12.1. The molecule has 0 fully saturated rings. The van der Waals surface area contributed by atoms with E-state index in [0.29, 0.717) is 5.25 Å². The van der Waals surface area contributed by atoms with Crippen LogP contribution < -0.4 is 5.32 Å². The average molecular weight is 223 g/mol. The third-order valence-electron chi connectivity index (χ3n) is 2.20. The molecule has 1 aromatic carbocycles. The second-order valence-corrected chi connectivity index (χ2v) is 5.08. The monoisotopic (exact) mass is 223 g/mol. The highest BCUT2D eigenvalue weighted by molar-refractivity contribution is 8.00. The van der Waals surface area contributed by atoms with Crippen LogP contribution in [0.4, 0.5) is 0 Å². The van der Waals surface area contributed by atoms with E-state index >= 15 is 0 Å². The minimum Gasteiger partial charge on any atom is -0.353 e. The quantitative estimate of drug-likeness (QED) is 0.795. The van der Waals surface area contributed by atoms with Crippen molar-refractivity contribution < 1.29 is 4.79 Å². The Morgan fingerprint density at radius 2 is 1.87 bits per heavy atom. The number of carbonyl (C=O) groups is 1. The fourth-order valence-electron chi connectivity index (χ4n) is 1.25. The van der Waals surface area contributed by atoms with Crippen molar-refractivity contribution in [2.45, 2.75) is 37.0 Å². The van der Waals surface area contributed by atoms with E-state index in [1.54, 1.807) is 18.7 Å². The molecule has 0 unspecified atom stereocenters. The van der Waals surface area contributed by atoms with E-state index < -0.39 is 0 Å². The van der Waals surface area contributed by atoms with Gasteiger partial charge in [-0.25, -0.2) is 0 Å². The average Bonchev–Trinajstić information content (AvgIpc) is 2.18. The Kier molecular flexibility index (Phi) is 4.69. The Bertz CT molecular complexity index is 313. The summed E-state index contributed by atoms with van der Waals surface area (Å²) in [6, 6.07) is 10.4. The molecule has 1 amide bonds. The van der Waals surface area contributed by atoms with Crippen molar-refractivity contribution in [3.05, 3.63) is 30.3 Å². The normalized spacial score (nSPS) is 14.3. The Morgan fingerprint density at radius 3 is 2.40 bits per heavy atom. The van der Waals surface area contributed by atoms with Crippen LogP contribution in [0.3, 0.4) is 0 Å². The zero-order valence-electron chi connectivity index (χ0n) is 9.36. The molecule has 3 heteroatoms. The molecule has 82 valence electrons. The highest BCUT2D eigenvalue weighted by Gasteiger charge is 2.13. The zero-order valence-corrected chi connectivity index (χ0v) is 10.2. The molecule has 0 spiro atoms. The Labute approximate surface area is 95.5 Å². The Hall–Kier alpha value is -0.960. The maximum Gasteiger partial charge on any atom is 0.217 e.